The number of nitrogens with zero attached hydrogens (tertiary/aromatic N) is 3. The monoisotopic (exact) mass is 183 g/mol. The van der Waals surface area contributed by atoms with Gasteiger partial charge in [0.15, 0.2) is 0 Å². The minimum absolute atomic E-state index is 0.399. The molecular formula is C7H13N5O. The highest BCUT2D eigenvalue weighted by molar-refractivity contribution is 5.82. The van der Waals surface area contributed by atoms with Gasteiger partial charge in [0.2, 0.25) is 5.91 Å². The molecule has 3 N–H and O–H groups in total. The maximum absolute atomic E-state index is 10.7. The van der Waals surface area contributed by atoms with Crippen LogP contribution in [0.15, 0.2) is 6.20 Å². The predicted molar refractivity (Wildman–Crippen MR) is 48.0 cm³/mol. The number of carbonyl (C=O) groups excluding carboxylic acids is 1. The molecule has 1 atom stereocenters. The van der Waals surface area contributed by atoms with Crippen LogP contribution in [-0.2, 0) is 11.3 Å². The molecule has 0 fully saturated rings. The van der Waals surface area contributed by atoms with Crippen molar-refractivity contribution in [1.82, 2.24) is 15.0 Å². The summed E-state index contributed by atoms with van der Waals surface area (Å²) in [6, 6.07) is -0.413. The first-order valence-corrected chi connectivity index (χ1v) is 4.09. The van der Waals surface area contributed by atoms with Crippen LogP contribution in [0.25, 0.3) is 0 Å². The average Bonchev–Trinajstić information content (AvgIpc) is 2.51. The van der Waals surface area contributed by atoms with Crippen molar-refractivity contribution in [3.05, 3.63) is 6.20 Å². The third-order valence-corrected chi connectivity index (χ3v) is 1.71. The minimum Gasteiger partial charge on any atom is -0.368 e. The van der Waals surface area contributed by atoms with E-state index in [1.807, 2.05) is 6.92 Å². The molecule has 1 rings (SSSR count). The first kappa shape index (κ1) is 9.50. The molecule has 0 aliphatic carbocycles. The number of anilines is 1. The highest BCUT2D eigenvalue weighted by atomic mass is 16.1. The van der Waals surface area contributed by atoms with Crippen LogP contribution < -0.4 is 11.1 Å². The molecule has 0 aliphatic rings. The highest BCUT2D eigenvalue weighted by Crippen LogP contribution is 2.04. The summed E-state index contributed by atoms with van der Waals surface area (Å²) in [5.74, 6) is 0.303. The van der Waals surface area contributed by atoms with Crippen LogP contribution in [0.4, 0.5) is 5.82 Å². The Morgan fingerprint density at radius 1 is 1.85 bits per heavy atom. The predicted octanol–water partition coefficient (Wildman–Crippen LogP) is -0.416. The standard InChI is InChI=1S/C7H13N5O/c1-3-12-6(4-9-11-12)10-5(2)7(8)13/h4-5,10H,3H2,1-2H3,(H2,8,13). The first-order chi connectivity index (χ1) is 6.15. The third kappa shape index (κ3) is 2.17. The number of nitrogens with one attached hydrogen (secondary N) is 1. The molecule has 1 aromatic heterocycles. The zero-order valence-corrected chi connectivity index (χ0v) is 7.69. The van der Waals surface area contributed by atoms with Gasteiger partial charge >= 0.3 is 0 Å². The molecule has 6 heteroatoms. The van der Waals surface area contributed by atoms with Crippen LogP contribution in [0.2, 0.25) is 0 Å². The van der Waals surface area contributed by atoms with Gasteiger partial charge in [0.1, 0.15) is 11.9 Å². The van der Waals surface area contributed by atoms with E-state index in [1.165, 1.54) is 0 Å². The number of nitrogens with two attached hydrogens (primary N) is 1. The van der Waals surface area contributed by atoms with Gasteiger partial charge in [-0.2, -0.15) is 0 Å². The van der Waals surface area contributed by atoms with E-state index in [1.54, 1.807) is 17.8 Å². The van der Waals surface area contributed by atoms with E-state index in [0.717, 1.165) is 0 Å². The maximum Gasteiger partial charge on any atom is 0.239 e. The quantitative estimate of drug-likeness (QED) is 0.664. The van der Waals surface area contributed by atoms with Gasteiger partial charge in [0.05, 0.1) is 6.20 Å². The fourth-order valence-electron chi connectivity index (χ4n) is 0.896. The number of carbonyl (C=O) groups is 1. The Kier molecular flexibility index (Phi) is 2.84. The molecule has 0 bridgehead atoms. The molecule has 0 aliphatic heterocycles. The number of hydrogen-bond acceptors (Lipinski definition) is 4. The second-order valence-electron chi connectivity index (χ2n) is 2.70. The summed E-state index contributed by atoms with van der Waals surface area (Å²) in [4.78, 5) is 10.7. The van der Waals surface area contributed by atoms with Gasteiger partial charge < -0.3 is 11.1 Å². The lowest BCUT2D eigenvalue weighted by Gasteiger charge is -2.10. The molecule has 0 aromatic carbocycles. The van der Waals surface area contributed by atoms with Crippen LogP contribution in [-0.4, -0.2) is 26.9 Å². The lowest BCUT2D eigenvalue weighted by molar-refractivity contribution is -0.118. The zero-order chi connectivity index (χ0) is 9.84. The molecule has 13 heavy (non-hydrogen) atoms. The van der Waals surface area contributed by atoms with Crippen molar-refractivity contribution in [2.24, 2.45) is 5.73 Å². The van der Waals surface area contributed by atoms with Crippen LogP contribution in [0.1, 0.15) is 13.8 Å². The first-order valence-electron chi connectivity index (χ1n) is 4.09. The van der Waals surface area contributed by atoms with Gasteiger partial charge in [-0.05, 0) is 13.8 Å². The maximum atomic E-state index is 10.7. The topological polar surface area (TPSA) is 85.8 Å². The Bertz CT molecular complexity index is 295. The lowest BCUT2D eigenvalue weighted by atomic mass is 10.3. The van der Waals surface area contributed by atoms with E-state index in [-0.39, 0.29) is 0 Å². The summed E-state index contributed by atoms with van der Waals surface area (Å²) in [5.41, 5.74) is 5.09. The molecule has 0 spiro atoms. The minimum atomic E-state index is -0.413. The summed E-state index contributed by atoms with van der Waals surface area (Å²) in [6.07, 6.45) is 1.56. The normalized spacial score (nSPS) is 12.5. The van der Waals surface area contributed by atoms with Crippen LogP contribution in [0.5, 0.6) is 0 Å². The van der Waals surface area contributed by atoms with Crippen molar-refractivity contribution >= 4 is 11.7 Å². The number of primary amides is 1. The molecule has 0 saturated heterocycles. The van der Waals surface area contributed by atoms with Gasteiger partial charge in [0.25, 0.3) is 0 Å². The summed E-state index contributed by atoms with van der Waals surface area (Å²) < 4.78 is 1.65. The van der Waals surface area contributed by atoms with Crippen LogP contribution >= 0.6 is 0 Å². The van der Waals surface area contributed by atoms with E-state index >= 15 is 0 Å². The Morgan fingerprint density at radius 3 is 3.08 bits per heavy atom. The molecule has 72 valence electrons. The van der Waals surface area contributed by atoms with Gasteiger partial charge in [-0.1, -0.05) is 5.21 Å². The van der Waals surface area contributed by atoms with Gasteiger partial charge in [-0.25, -0.2) is 4.68 Å². The van der Waals surface area contributed by atoms with Gasteiger partial charge in [-0.3, -0.25) is 4.79 Å². The van der Waals surface area contributed by atoms with Crippen LogP contribution in [0.3, 0.4) is 0 Å². The molecule has 0 saturated carbocycles. The fraction of sp³-hybridized carbons (Fsp3) is 0.571. The SMILES string of the molecule is CCn1nncc1NC(C)C(N)=O. The number of aryl methyl sites for hydroxylation is 1. The highest BCUT2D eigenvalue weighted by Gasteiger charge is 2.10. The second kappa shape index (κ2) is 3.88. The zero-order valence-electron chi connectivity index (χ0n) is 7.69. The number of rotatable bonds is 4. The Hall–Kier alpha value is -1.59. The van der Waals surface area contributed by atoms with Crippen molar-refractivity contribution in [1.29, 1.82) is 0 Å². The number of hydrogen-bond donors (Lipinski definition) is 2. The third-order valence-electron chi connectivity index (χ3n) is 1.71. The molecule has 6 nitrogen and oxygen atoms in total. The van der Waals surface area contributed by atoms with Crippen molar-refractivity contribution in [2.45, 2.75) is 26.4 Å². The van der Waals surface area contributed by atoms with E-state index < -0.39 is 11.9 Å². The number of aromatic nitrogens is 3. The molecule has 1 unspecified atom stereocenters. The second-order valence-corrected chi connectivity index (χ2v) is 2.70. The van der Waals surface area contributed by atoms with Gasteiger partial charge in [0, 0.05) is 6.54 Å². The van der Waals surface area contributed by atoms with E-state index in [2.05, 4.69) is 15.6 Å². The van der Waals surface area contributed by atoms with Crippen molar-refractivity contribution < 1.29 is 4.79 Å². The Labute approximate surface area is 76.1 Å². The molecule has 0 radical (unpaired) electrons. The van der Waals surface area contributed by atoms with Crippen molar-refractivity contribution in [3.8, 4) is 0 Å². The van der Waals surface area contributed by atoms with Gasteiger partial charge in [-0.15, -0.1) is 5.10 Å². The summed E-state index contributed by atoms with van der Waals surface area (Å²) in [5, 5.41) is 10.4. The average molecular weight is 183 g/mol. The largest absolute Gasteiger partial charge is 0.368 e. The van der Waals surface area contributed by atoms with Crippen LogP contribution in [0, 0.1) is 0 Å². The van der Waals surface area contributed by atoms with E-state index in [4.69, 9.17) is 5.73 Å². The Morgan fingerprint density at radius 2 is 2.54 bits per heavy atom. The van der Waals surface area contributed by atoms with E-state index in [9.17, 15) is 4.79 Å². The molecular weight excluding hydrogens is 170 g/mol. The van der Waals surface area contributed by atoms with Crippen molar-refractivity contribution in [3.63, 3.8) is 0 Å². The van der Waals surface area contributed by atoms with E-state index in [0.29, 0.717) is 12.4 Å². The lowest BCUT2D eigenvalue weighted by Crippen LogP contribution is -2.33. The summed E-state index contributed by atoms with van der Waals surface area (Å²) in [6.45, 7) is 4.33. The fourth-order valence-corrected chi connectivity index (χ4v) is 0.896. The van der Waals surface area contributed by atoms with Crippen molar-refractivity contribution in [2.75, 3.05) is 5.32 Å². The summed E-state index contributed by atoms with van der Waals surface area (Å²) >= 11 is 0. The molecule has 1 heterocycles. The molecule has 1 amide bonds. The number of amides is 1. The summed E-state index contributed by atoms with van der Waals surface area (Å²) in [7, 11) is 0. The Balaban J connectivity index is 2.68. The smallest absolute Gasteiger partial charge is 0.239 e. The molecule has 1 aromatic rings.